The molecule has 0 aliphatic heterocycles. The molecule has 0 bridgehead atoms. The van der Waals surface area contributed by atoms with Gasteiger partial charge in [-0.3, -0.25) is 0 Å². The van der Waals surface area contributed by atoms with Gasteiger partial charge in [-0.1, -0.05) is 12.1 Å². The Balaban J connectivity index is 2.21. The average molecular weight is 321 g/mol. The van der Waals surface area contributed by atoms with Gasteiger partial charge < -0.3 is 9.30 Å². The Bertz CT molecular complexity index is 622. The number of rotatable bonds is 5. The van der Waals surface area contributed by atoms with Crippen molar-refractivity contribution in [3.63, 3.8) is 0 Å². The van der Waals surface area contributed by atoms with Gasteiger partial charge in [0.2, 0.25) is 0 Å². The lowest BCUT2D eigenvalue weighted by Crippen LogP contribution is -2.19. The summed E-state index contributed by atoms with van der Waals surface area (Å²) in [5.74, 6) is 0.636. The summed E-state index contributed by atoms with van der Waals surface area (Å²) < 4.78 is 42.7. The van der Waals surface area contributed by atoms with E-state index < -0.39 is 12.8 Å². The van der Waals surface area contributed by atoms with Crippen LogP contribution in [-0.2, 0) is 11.3 Å². The highest BCUT2D eigenvalue weighted by molar-refractivity contribution is 6.20. The van der Waals surface area contributed by atoms with Crippen LogP contribution in [0.25, 0.3) is 11.0 Å². The number of para-hydroxylation sites is 1. The van der Waals surface area contributed by atoms with Gasteiger partial charge in [0.15, 0.2) is 0 Å². The number of nitrogens with zero attached hydrogens (tertiary/aromatic N) is 2. The van der Waals surface area contributed by atoms with E-state index in [1.165, 1.54) is 0 Å². The van der Waals surface area contributed by atoms with E-state index in [0.717, 1.165) is 16.6 Å². The molecule has 0 spiro atoms. The van der Waals surface area contributed by atoms with Gasteiger partial charge in [0.1, 0.15) is 12.4 Å². The van der Waals surface area contributed by atoms with Crippen molar-refractivity contribution in [3.05, 3.63) is 29.6 Å². The molecule has 0 fully saturated rings. The quantitative estimate of drug-likeness (QED) is 0.609. The molecule has 1 aromatic heterocycles. The number of alkyl halides is 4. The second-order valence-corrected chi connectivity index (χ2v) is 5.50. The van der Waals surface area contributed by atoms with E-state index in [-0.39, 0.29) is 18.5 Å². The molecule has 0 saturated carbocycles. The van der Waals surface area contributed by atoms with Crippen molar-refractivity contribution >= 4 is 22.6 Å². The standard InChI is InChI=1S/C14H16ClF3N2O/c1-9-4-3-5-11-12(9)19-13(10(2)15)20(11)6-7-21-8-14(16,17)18/h3-5,10H,6-8H2,1-2H3. The summed E-state index contributed by atoms with van der Waals surface area (Å²) >= 11 is 6.11. The van der Waals surface area contributed by atoms with Gasteiger partial charge in [-0.25, -0.2) is 4.98 Å². The van der Waals surface area contributed by atoms with Crippen molar-refractivity contribution in [2.45, 2.75) is 31.9 Å². The summed E-state index contributed by atoms with van der Waals surface area (Å²) in [6.07, 6.45) is -4.31. The van der Waals surface area contributed by atoms with Gasteiger partial charge in [-0.2, -0.15) is 13.2 Å². The van der Waals surface area contributed by atoms with Gasteiger partial charge in [0.05, 0.1) is 23.0 Å². The maximum Gasteiger partial charge on any atom is 0.411 e. The fraction of sp³-hybridized carbons (Fsp3) is 0.500. The number of hydrogen-bond acceptors (Lipinski definition) is 2. The molecule has 0 saturated heterocycles. The molecule has 21 heavy (non-hydrogen) atoms. The monoisotopic (exact) mass is 320 g/mol. The van der Waals surface area contributed by atoms with Crippen molar-refractivity contribution in [2.24, 2.45) is 0 Å². The van der Waals surface area contributed by atoms with E-state index in [1.54, 1.807) is 6.92 Å². The Hall–Kier alpha value is -1.27. The van der Waals surface area contributed by atoms with Crippen LogP contribution in [0, 0.1) is 6.92 Å². The van der Waals surface area contributed by atoms with Crippen molar-refractivity contribution in [1.29, 1.82) is 0 Å². The fourth-order valence-corrected chi connectivity index (χ4v) is 2.35. The molecule has 1 heterocycles. The normalized spacial score (nSPS) is 13.8. The lowest BCUT2D eigenvalue weighted by molar-refractivity contribution is -0.174. The van der Waals surface area contributed by atoms with Crippen molar-refractivity contribution in [3.8, 4) is 0 Å². The van der Waals surface area contributed by atoms with Gasteiger partial charge in [0.25, 0.3) is 0 Å². The Morgan fingerprint density at radius 1 is 1.38 bits per heavy atom. The van der Waals surface area contributed by atoms with E-state index in [4.69, 9.17) is 11.6 Å². The Labute approximate surface area is 125 Å². The van der Waals surface area contributed by atoms with Gasteiger partial charge in [-0.05, 0) is 25.5 Å². The summed E-state index contributed by atoms with van der Waals surface area (Å²) in [4.78, 5) is 4.49. The summed E-state index contributed by atoms with van der Waals surface area (Å²) in [5, 5.41) is -0.334. The zero-order chi connectivity index (χ0) is 15.6. The Morgan fingerprint density at radius 2 is 2.10 bits per heavy atom. The maximum atomic E-state index is 12.1. The molecule has 0 N–H and O–H groups in total. The van der Waals surface area contributed by atoms with Crippen LogP contribution in [0.3, 0.4) is 0 Å². The molecule has 0 aliphatic carbocycles. The number of imidazole rings is 1. The highest BCUT2D eigenvalue weighted by Gasteiger charge is 2.27. The molecular weight excluding hydrogens is 305 g/mol. The van der Waals surface area contributed by atoms with Crippen LogP contribution in [0.15, 0.2) is 18.2 Å². The predicted octanol–water partition coefficient (Wildman–Crippen LogP) is 4.22. The van der Waals surface area contributed by atoms with Crippen molar-refractivity contribution < 1.29 is 17.9 Å². The van der Waals surface area contributed by atoms with E-state index in [9.17, 15) is 13.2 Å². The maximum absolute atomic E-state index is 12.1. The predicted molar refractivity (Wildman–Crippen MR) is 75.6 cm³/mol. The van der Waals surface area contributed by atoms with Crippen LogP contribution in [0.5, 0.6) is 0 Å². The molecule has 1 atom stereocenters. The van der Waals surface area contributed by atoms with Crippen molar-refractivity contribution in [2.75, 3.05) is 13.2 Å². The third-order valence-corrected chi connectivity index (χ3v) is 3.29. The summed E-state index contributed by atoms with van der Waals surface area (Å²) in [6.45, 7) is 2.70. The fourth-order valence-electron chi connectivity index (χ4n) is 2.19. The largest absolute Gasteiger partial charge is 0.411 e. The first-order valence-corrected chi connectivity index (χ1v) is 6.97. The molecule has 0 amide bonds. The van der Waals surface area contributed by atoms with Gasteiger partial charge >= 0.3 is 6.18 Å². The highest BCUT2D eigenvalue weighted by atomic mass is 35.5. The smallest absolute Gasteiger partial charge is 0.370 e. The summed E-state index contributed by atoms with van der Waals surface area (Å²) in [6, 6.07) is 5.69. The SMILES string of the molecule is Cc1cccc2c1nc(C(C)Cl)n2CCOCC(F)(F)F. The second kappa shape index (κ2) is 6.23. The average Bonchev–Trinajstić information content (AvgIpc) is 2.74. The Morgan fingerprint density at radius 3 is 2.71 bits per heavy atom. The van der Waals surface area contributed by atoms with E-state index in [2.05, 4.69) is 9.72 Å². The number of ether oxygens (including phenoxy) is 1. The van der Waals surface area contributed by atoms with Gasteiger partial charge in [-0.15, -0.1) is 11.6 Å². The molecule has 0 radical (unpaired) electrons. The first-order valence-electron chi connectivity index (χ1n) is 6.54. The third kappa shape index (κ3) is 3.89. The zero-order valence-electron chi connectivity index (χ0n) is 11.7. The molecule has 7 heteroatoms. The van der Waals surface area contributed by atoms with E-state index >= 15 is 0 Å². The number of hydrogen-bond donors (Lipinski definition) is 0. The molecule has 2 aromatic rings. The van der Waals surface area contributed by atoms with Crippen molar-refractivity contribution in [1.82, 2.24) is 9.55 Å². The second-order valence-electron chi connectivity index (χ2n) is 4.85. The molecule has 2 rings (SSSR count). The molecule has 1 unspecified atom stereocenters. The van der Waals surface area contributed by atoms with Crippen LogP contribution in [0.4, 0.5) is 13.2 Å². The molecule has 0 aliphatic rings. The number of aryl methyl sites for hydroxylation is 1. The Kier molecular flexibility index (Phi) is 4.78. The summed E-state index contributed by atoms with van der Waals surface area (Å²) in [7, 11) is 0. The van der Waals surface area contributed by atoms with E-state index in [1.807, 2.05) is 29.7 Å². The minimum Gasteiger partial charge on any atom is -0.370 e. The van der Waals surface area contributed by atoms with Crippen LogP contribution in [-0.4, -0.2) is 28.9 Å². The molecule has 3 nitrogen and oxygen atoms in total. The van der Waals surface area contributed by atoms with Gasteiger partial charge in [0, 0.05) is 6.54 Å². The number of aromatic nitrogens is 2. The molecular formula is C14H16ClF3N2O. The third-order valence-electron chi connectivity index (χ3n) is 3.09. The minimum absolute atomic E-state index is 0.0461. The number of halogens is 4. The van der Waals surface area contributed by atoms with Crippen LogP contribution in [0.2, 0.25) is 0 Å². The minimum atomic E-state index is -4.31. The van der Waals surface area contributed by atoms with E-state index in [0.29, 0.717) is 5.82 Å². The molecule has 116 valence electrons. The first kappa shape index (κ1) is 16.1. The highest BCUT2D eigenvalue weighted by Crippen LogP contribution is 2.26. The lowest BCUT2D eigenvalue weighted by atomic mass is 10.2. The zero-order valence-corrected chi connectivity index (χ0v) is 12.5. The molecule has 1 aromatic carbocycles. The van der Waals surface area contributed by atoms with Crippen LogP contribution in [0.1, 0.15) is 23.7 Å². The first-order chi connectivity index (χ1) is 9.79. The summed E-state index contributed by atoms with van der Waals surface area (Å²) in [5.41, 5.74) is 2.67. The number of benzene rings is 1. The van der Waals surface area contributed by atoms with Crippen LogP contribution < -0.4 is 0 Å². The lowest BCUT2D eigenvalue weighted by Gasteiger charge is -2.12. The van der Waals surface area contributed by atoms with Crippen LogP contribution >= 0.6 is 11.6 Å². The number of fused-ring (bicyclic) bond motifs is 1. The topological polar surface area (TPSA) is 27.1 Å².